The summed E-state index contributed by atoms with van der Waals surface area (Å²) in [6.45, 7) is 2.02. The third-order valence-electron chi connectivity index (χ3n) is 5.34. The summed E-state index contributed by atoms with van der Waals surface area (Å²) in [5.74, 6) is 0.0977. The number of nitrogen functional groups attached to an aromatic ring is 1. The van der Waals surface area contributed by atoms with Crippen molar-refractivity contribution in [3.63, 3.8) is 0 Å². The Morgan fingerprint density at radius 2 is 1.82 bits per heavy atom. The van der Waals surface area contributed by atoms with Gasteiger partial charge in [-0.2, -0.15) is 0 Å². The molecule has 0 unspecified atom stereocenters. The molecule has 8 nitrogen and oxygen atoms in total. The Kier molecular flexibility index (Phi) is 5.02. The summed E-state index contributed by atoms with van der Waals surface area (Å²) in [5.41, 5.74) is 9.05. The lowest BCUT2D eigenvalue weighted by Gasteiger charge is -2.01. The van der Waals surface area contributed by atoms with Crippen LogP contribution in [0.3, 0.4) is 0 Å². The number of methoxy groups -OCH3 is 1. The van der Waals surface area contributed by atoms with Crippen LogP contribution >= 0.6 is 11.3 Å². The van der Waals surface area contributed by atoms with Crippen molar-refractivity contribution in [2.45, 2.75) is 6.92 Å². The fourth-order valence-electron chi connectivity index (χ4n) is 3.54. The van der Waals surface area contributed by atoms with E-state index in [0.717, 1.165) is 28.2 Å². The van der Waals surface area contributed by atoms with Crippen LogP contribution in [0.2, 0.25) is 0 Å². The van der Waals surface area contributed by atoms with Crippen LogP contribution in [0.1, 0.15) is 20.9 Å². The number of hydrogen-bond acceptors (Lipinski definition) is 7. The zero-order valence-corrected chi connectivity index (χ0v) is 18.6. The van der Waals surface area contributed by atoms with E-state index in [2.05, 4.69) is 5.27 Å². The molecule has 0 aliphatic heterocycles. The number of carbonyl (C=O) groups is 1. The molecule has 0 spiro atoms. The Hall–Kier alpha value is -4.24. The van der Waals surface area contributed by atoms with Gasteiger partial charge in [0.2, 0.25) is 5.69 Å². The standard InChI is InChI=1S/C24H18N4O4S/c1-13-3-5-14(6-4-13)18-12-11-17-19(25)22(33-23(17)26-18)21(29)20-24(30)32-27-28(20)15-7-9-16(31-2)10-8-15/h3-12H,1-2H3,(H2-,25,27,29,30)/p+1. The number of anilines is 1. The number of aromatic nitrogens is 3. The van der Waals surface area contributed by atoms with E-state index >= 15 is 0 Å². The zero-order valence-electron chi connectivity index (χ0n) is 17.8. The van der Waals surface area contributed by atoms with Crippen molar-refractivity contribution in [2.75, 3.05) is 12.8 Å². The zero-order chi connectivity index (χ0) is 23.1. The molecule has 9 heteroatoms. The lowest BCUT2D eigenvalue weighted by Crippen LogP contribution is -2.41. The molecule has 0 fully saturated rings. The van der Waals surface area contributed by atoms with Crippen molar-refractivity contribution in [1.82, 2.24) is 10.3 Å². The second-order valence-electron chi connectivity index (χ2n) is 7.45. The van der Waals surface area contributed by atoms with Crippen molar-refractivity contribution < 1.29 is 18.7 Å². The highest BCUT2D eigenvalue weighted by atomic mass is 32.1. The maximum Gasteiger partial charge on any atom is 0.439 e. The number of nitrogens with zero attached hydrogens (tertiary/aromatic N) is 2. The largest absolute Gasteiger partial charge is 0.497 e. The van der Waals surface area contributed by atoms with Gasteiger partial charge in [-0.25, -0.2) is 9.78 Å². The number of H-pyrrole nitrogens is 1. The molecule has 3 N–H and O–H groups in total. The molecular formula is C24H19N4O4S+. The molecule has 2 aromatic carbocycles. The van der Waals surface area contributed by atoms with E-state index < -0.39 is 11.4 Å². The van der Waals surface area contributed by atoms with E-state index in [-0.39, 0.29) is 16.3 Å². The van der Waals surface area contributed by atoms with Gasteiger partial charge in [0.1, 0.15) is 15.5 Å². The first kappa shape index (κ1) is 20.7. The molecule has 0 saturated heterocycles. The minimum absolute atomic E-state index is 0.183. The number of aromatic amines is 1. The number of rotatable bonds is 5. The van der Waals surface area contributed by atoms with Gasteiger partial charge < -0.3 is 10.5 Å². The fraction of sp³-hybridized carbons (Fsp3) is 0.0833. The summed E-state index contributed by atoms with van der Waals surface area (Å²) in [7, 11) is 1.55. The minimum atomic E-state index is -0.791. The number of pyridine rings is 1. The molecule has 0 amide bonds. The molecular weight excluding hydrogens is 440 g/mol. The molecule has 5 aromatic rings. The number of ketones is 1. The Morgan fingerprint density at radius 1 is 1.09 bits per heavy atom. The Bertz CT molecular complexity index is 1550. The number of thiophene rings is 1. The Labute approximate surface area is 191 Å². The number of nitrogens with two attached hydrogens (primary N) is 1. The van der Waals surface area contributed by atoms with E-state index in [1.54, 1.807) is 31.4 Å². The Balaban J connectivity index is 1.58. The van der Waals surface area contributed by atoms with Gasteiger partial charge in [-0.3, -0.25) is 9.32 Å². The number of nitrogens with one attached hydrogen (secondary N) is 1. The van der Waals surface area contributed by atoms with Gasteiger partial charge in [0.25, 0.3) is 5.78 Å². The van der Waals surface area contributed by atoms with Crippen LogP contribution in [-0.4, -0.2) is 23.1 Å². The van der Waals surface area contributed by atoms with Crippen LogP contribution < -0.4 is 20.8 Å². The first-order valence-electron chi connectivity index (χ1n) is 10.0. The second-order valence-corrected chi connectivity index (χ2v) is 8.45. The topological polar surface area (TPSA) is 115 Å². The number of fused-ring (bicyclic) bond motifs is 1. The highest BCUT2D eigenvalue weighted by Gasteiger charge is 2.34. The van der Waals surface area contributed by atoms with Crippen LogP contribution in [-0.2, 0) is 0 Å². The normalized spacial score (nSPS) is 11.1. The van der Waals surface area contributed by atoms with Crippen LogP contribution in [0.5, 0.6) is 5.75 Å². The lowest BCUT2D eigenvalue weighted by molar-refractivity contribution is -0.672. The highest BCUT2D eigenvalue weighted by molar-refractivity contribution is 7.21. The Morgan fingerprint density at radius 3 is 2.52 bits per heavy atom. The van der Waals surface area contributed by atoms with Gasteiger partial charge in [-0.1, -0.05) is 29.8 Å². The summed E-state index contributed by atoms with van der Waals surface area (Å²) in [4.78, 5) is 31.4. The molecule has 5 rings (SSSR count). The molecule has 3 heterocycles. The molecule has 0 radical (unpaired) electrons. The number of ether oxygens (including phenoxy) is 1. The van der Waals surface area contributed by atoms with Crippen molar-refractivity contribution in [2.24, 2.45) is 0 Å². The predicted molar refractivity (Wildman–Crippen MR) is 125 cm³/mol. The van der Waals surface area contributed by atoms with E-state index in [0.29, 0.717) is 21.7 Å². The van der Waals surface area contributed by atoms with Gasteiger partial charge in [-0.15, -0.1) is 11.3 Å². The van der Waals surface area contributed by atoms with Crippen LogP contribution in [0.4, 0.5) is 5.69 Å². The van der Waals surface area contributed by atoms with E-state index in [1.807, 2.05) is 43.3 Å². The average Bonchev–Trinajstić information content (AvgIpc) is 3.38. The quantitative estimate of drug-likeness (QED) is 0.306. The predicted octanol–water partition coefficient (Wildman–Crippen LogP) is 3.65. The van der Waals surface area contributed by atoms with Gasteiger partial charge in [0.15, 0.2) is 0 Å². The molecule has 0 aliphatic carbocycles. The smallest absolute Gasteiger partial charge is 0.439 e. The molecule has 3 aromatic heterocycles. The molecule has 164 valence electrons. The number of carbonyl (C=O) groups excluding carboxylic acids is 1. The monoisotopic (exact) mass is 459 g/mol. The summed E-state index contributed by atoms with van der Waals surface area (Å²) in [6.07, 6.45) is 0. The summed E-state index contributed by atoms with van der Waals surface area (Å²) < 4.78 is 11.4. The minimum Gasteiger partial charge on any atom is -0.497 e. The second kappa shape index (κ2) is 8.03. The molecule has 0 atom stereocenters. The summed E-state index contributed by atoms with van der Waals surface area (Å²) in [6, 6.07) is 18.6. The number of aryl methyl sites for hydroxylation is 1. The van der Waals surface area contributed by atoms with Crippen molar-refractivity contribution in [1.29, 1.82) is 0 Å². The van der Waals surface area contributed by atoms with Gasteiger partial charge in [0, 0.05) is 23.1 Å². The number of benzene rings is 2. The van der Waals surface area contributed by atoms with Gasteiger partial charge in [-0.05, 0) is 41.1 Å². The van der Waals surface area contributed by atoms with Crippen LogP contribution in [0.25, 0.3) is 27.2 Å². The molecule has 0 aliphatic rings. The van der Waals surface area contributed by atoms with Crippen molar-refractivity contribution >= 4 is 33.0 Å². The lowest BCUT2D eigenvalue weighted by atomic mass is 10.1. The third kappa shape index (κ3) is 3.58. The maximum absolute atomic E-state index is 13.4. The van der Waals surface area contributed by atoms with Crippen LogP contribution in [0.15, 0.2) is 70.0 Å². The highest BCUT2D eigenvalue weighted by Crippen LogP contribution is 2.35. The van der Waals surface area contributed by atoms with Gasteiger partial charge >= 0.3 is 11.3 Å². The fourth-order valence-corrected chi connectivity index (χ4v) is 4.57. The van der Waals surface area contributed by atoms with Crippen LogP contribution in [0, 0.1) is 6.92 Å². The third-order valence-corrected chi connectivity index (χ3v) is 6.45. The average molecular weight is 460 g/mol. The molecule has 0 saturated carbocycles. The molecule has 0 bridgehead atoms. The summed E-state index contributed by atoms with van der Waals surface area (Å²) in [5, 5.41) is 3.14. The van der Waals surface area contributed by atoms with Crippen molar-refractivity contribution in [3.8, 4) is 22.7 Å². The first-order valence-corrected chi connectivity index (χ1v) is 10.9. The number of hydrogen-bond donors (Lipinski definition) is 2. The SMILES string of the molecule is COc1ccc(-[n+]2[nH]oc(=O)c2C(=O)c2sc3nc(-c4ccc(C)cc4)ccc3c2N)cc1. The van der Waals surface area contributed by atoms with E-state index in [1.165, 1.54) is 4.68 Å². The first-order chi connectivity index (χ1) is 16.0. The molecule has 33 heavy (non-hydrogen) atoms. The van der Waals surface area contributed by atoms with Crippen molar-refractivity contribution in [3.05, 3.63) is 87.2 Å². The van der Waals surface area contributed by atoms with E-state index in [4.69, 9.17) is 20.0 Å². The summed E-state index contributed by atoms with van der Waals surface area (Å²) >= 11 is 1.15. The van der Waals surface area contributed by atoms with Gasteiger partial charge in [0.05, 0.1) is 18.5 Å². The maximum atomic E-state index is 13.4. The van der Waals surface area contributed by atoms with E-state index in [9.17, 15) is 9.59 Å².